The van der Waals surface area contributed by atoms with E-state index in [0.717, 1.165) is 12.1 Å². The summed E-state index contributed by atoms with van der Waals surface area (Å²) in [7, 11) is 0. The van der Waals surface area contributed by atoms with Gasteiger partial charge in [-0.05, 0) is 18.9 Å². The number of hydrogen-bond acceptors (Lipinski definition) is 2. The average molecular weight is 241 g/mol. The van der Waals surface area contributed by atoms with E-state index in [1.54, 1.807) is 6.33 Å². The van der Waals surface area contributed by atoms with Crippen molar-refractivity contribution in [1.82, 2.24) is 9.97 Å². The summed E-state index contributed by atoms with van der Waals surface area (Å²) in [6.45, 7) is 6.70. The van der Waals surface area contributed by atoms with E-state index >= 15 is 0 Å². The molecule has 0 amide bonds. The number of halogens is 1. The molecular weight excluding hydrogens is 220 g/mol. The lowest BCUT2D eigenvalue weighted by atomic mass is 9.79. The Hall–Kier alpha value is -0.630. The molecule has 0 aliphatic rings. The fraction of sp³-hybridized carbons (Fsp3) is 0.692. The smallest absolute Gasteiger partial charge is 0.132 e. The van der Waals surface area contributed by atoms with Crippen LogP contribution in [0.15, 0.2) is 12.4 Å². The maximum Gasteiger partial charge on any atom is 0.132 e. The average Bonchev–Trinajstić information content (AvgIpc) is 2.29. The monoisotopic (exact) mass is 240 g/mol. The van der Waals surface area contributed by atoms with Crippen LogP contribution in [0.2, 0.25) is 5.15 Å². The lowest BCUT2D eigenvalue weighted by Crippen LogP contribution is -2.22. The van der Waals surface area contributed by atoms with Crippen molar-refractivity contribution in [3.05, 3.63) is 23.2 Å². The van der Waals surface area contributed by atoms with Crippen molar-refractivity contribution in [2.75, 3.05) is 0 Å². The zero-order valence-electron chi connectivity index (χ0n) is 10.5. The second-order valence-corrected chi connectivity index (χ2v) is 4.98. The first-order chi connectivity index (χ1) is 7.62. The molecule has 2 nitrogen and oxygen atoms in total. The second-order valence-electron chi connectivity index (χ2n) is 4.60. The number of rotatable bonds is 6. The third-order valence-electron chi connectivity index (χ3n) is 3.36. The van der Waals surface area contributed by atoms with Crippen molar-refractivity contribution >= 4 is 11.6 Å². The molecule has 1 unspecified atom stereocenters. The highest BCUT2D eigenvalue weighted by molar-refractivity contribution is 6.29. The van der Waals surface area contributed by atoms with E-state index in [1.165, 1.54) is 25.7 Å². The third kappa shape index (κ3) is 3.44. The molecule has 0 radical (unpaired) electrons. The van der Waals surface area contributed by atoms with Crippen LogP contribution in [0.4, 0.5) is 0 Å². The summed E-state index contributed by atoms with van der Waals surface area (Å²) in [5.74, 6) is 0. The van der Waals surface area contributed by atoms with Gasteiger partial charge in [0.2, 0.25) is 0 Å². The summed E-state index contributed by atoms with van der Waals surface area (Å²) in [6, 6.07) is 1.90. The van der Waals surface area contributed by atoms with Crippen LogP contribution in [0.3, 0.4) is 0 Å². The molecule has 0 aliphatic heterocycles. The van der Waals surface area contributed by atoms with Crippen LogP contribution >= 0.6 is 11.6 Å². The van der Waals surface area contributed by atoms with E-state index in [-0.39, 0.29) is 5.41 Å². The zero-order valence-corrected chi connectivity index (χ0v) is 11.2. The minimum atomic E-state index is 0.141. The number of nitrogens with zero attached hydrogens (tertiary/aromatic N) is 2. The van der Waals surface area contributed by atoms with Crippen molar-refractivity contribution in [3.63, 3.8) is 0 Å². The van der Waals surface area contributed by atoms with Gasteiger partial charge in [-0.2, -0.15) is 0 Å². The molecular formula is C13H21ClN2. The number of hydrogen-bond donors (Lipinski definition) is 0. The summed E-state index contributed by atoms with van der Waals surface area (Å²) >= 11 is 5.92. The van der Waals surface area contributed by atoms with Crippen LogP contribution in [0, 0.1) is 0 Å². The predicted molar refractivity (Wildman–Crippen MR) is 68.8 cm³/mol. The molecule has 1 heterocycles. The molecule has 0 aliphatic carbocycles. The fourth-order valence-corrected chi connectivity index (χ4v) is 2.06. The Morgan fingerprint density at radius 3 is 2.56 bits per heavy atom. The normalized spacial score (nSPS) is 14.8. The van der Waals surface area contributed by atoms with Gasteiger partial charge in [-0.25, -0.2) is 9.97 Å². The molecule has 0 bridgehead atoms. The van der Waals surface area contributed by atoms with Gasteiger partial charge >= 0.3 is 0 Å². The molecule has 0 saturated carbocycles. The van der Waals surface area contributed by atoms with Crippen LogP contribution in [-0.4, -0.2) is 9.97 Å². The Bertz CT molecular complexity index is 327. The number of aromatic nitrogens is 2. The van der Waals surface area contributed by atoms with Crippen LogP contribution in [0.5, 0.6) is 0 Å². The summed E-state index contributed by atoms with van der Waals surface area (Å²) in [5.41, 5.74) is 1.22. The topological polar surface area (TPSA) is 25.8 Å². The molecule has 3 heteroatoms. The first kappa shape index (κ1) is 13.4. The molecule has 1 aromatic rings. The van der Waals surface area contributed by atoms with Crippen LogP contribution in [0.1, 0.15) is 58.6 Å². The van der Waals surface area contributed by atoms with Crippen molar-refractivity contribution in [3.8, 4) is 0 Å². The highest BCUT2D eigenvalue weighted by Gasteiger charge is 2.25. The van der Waals surface area contributed by atoms with E-state index in [2.05, 4.69) is 30.7 Å². The maximum atomic E-state index is 5.92. The molecule has 0 aromatic carbocycles. The number of unbranched alkanes of at least 4 members (excludes halogenated alkanes) is 2. The van der Waals surface area contributed by atoms with Crippen molar-refractivity contribution < 1.29 is 0 Å². The van der Waals surface area contributed by atoms with Gasteiger partial charge in [0.1, 0.15) is 11.5 Å². The van der Waals surface area contributed by atoms with Gasteiger partial charge in [0.25, 0.3) is 0 Å². The Kier molecular flexibility index (Phi) is 5.20. The largest absolute Gasteiger partial charge is 0.241 e. The lowest BCUT2D eigenvalue weighted by molar-refractivity contribution is 0.387. The SMILES string of the molecule is CCCCCC(C)(CC)c1cc(Cl)ncn1. The second kappa shape index (κ2) is 6.19. The summed E-state index contributed by atoms with van der Waals surface area (Å²) < 4.78 is 0. The molecule has 90 valence electrons. The van der Waals surface area contributed by atoms with E-state index in [1.807, 2.05) is 6.07 Å². The van der Waals surface area contributed by atoms with Crippen molar-refractivity contribution in [2.45, 2.75) is 58.3 Å². The van der Waals surface area contributed by atoms with Gasteiger partial charge < -0.3 is 0 Å². The van der Waals surface area contributed by atoms with E-state index in [4.69, 9.17) is 11.6 Å². The summed E-state index contributed by atoms with van der Waals surface area (Å²) in [5, 5.41) is 0.542. The quantitative estimate of drug-likeness (QED) is 0.545. The molecule has 0 N–H and O–H groups in total. The van der Waals surface area contributed by atoms with Gasteiger partial charge in [0, 0.05) is 5.41 Å². The van der Waals surface area contributed by atoms with Crippen LogP contribution in [-0.2, 0) is 5.41 Å². The Balaban J connectivity index is 2.78. The fourth-order valence-electron chi connectivity index (χ4n) is 1.91. The molecule has 16 heavy (non-hydrogen) atoms. The van der Waals surface area contributed by atoms with Gasteiger partial charge in [-0.15, -0.1) is 0 Å². The van der Waals surface area contributed by atoms with Crippen molar-refractivity contribution in [1.29, 1.82) is 0 Å². The minimum absolute atomic E-state index is 0.141. The van der Waals surface area contributed by atoms with E-state index < -0.39 is 0 Å². The molecule has 1 rings (SSSR count). The molecule has 0 spiro atoms. The highest BCUT2D eigenvalue weighted by atomic mass is 35.5. The van der Waals surface area contributed by atoms with Crippen LogP contribution < -0.4 is 0 Å². The molecule has 0 saturated heterocycles. The van der Waals surface area contributed by atoms with Gasteiger partial charge in [0.05, 0.1) is 5.69 Å². The standard InChI is InChI=1S/C13H21ClN2/c1-4-6-7-8-13(3,5-2)11-9-12(14)16-10-15-11/h9-10H,4-8H2,1-3H3. The molecule has 0 fully saturated rings. The Morgan fingerprint density at radius 1 is 1.25 bits per heavy atom. The minimum Gasteiger partial charge on any atom is -0.241 e. The first-order valence-corrected chi connectivity index (χ1v) is 6.48. The van der Waals surface area contributed by atoms with Crippen molar-refractivity contribution in [2.24, 2.45) is 0 Å². The van der Waals surface area contributed by atoms with E-state index in [9.17, 15) is 0 Å². The molecule has 1 atom stereocenters. The molecule has 1 aromatic heterocycles. The van der Waals surface area contributed by atoms with Gasteiger partial charge in [-0.3, -0.25) is 0 Å². The predicted octanol–water partition coefficient (Wildman–Crippen LogP) is 4.38. The lowest BCUT2D eigenvalue weighted by Gasteiger charge is -2.27. The Labute approximate surface area is 103 Å². The Morgan fingerprint density at radius 2 is 2.00 bits per heavy atom. The first-order valence-electron chi connectivity index (χ1n) is 6.10. The summed E-state index contributed by atoms with van der Waals surface area (Å²) in [6.07, 6.45) is 7.61. The maximum absolute atomic E-state index is 5.92. The van der Waals surface area contributed by atoms with Gasteiger partial charge in [-0.1, -0.05) is 51.6 Å². The zero-order chi connectivity index (χ0) is 12.0. The highest BCUT2D eigenvalue weighted by Crippen LogP contribution is 2.32. The van der Waals surface area contributed by atoms with Crippen LogP contribution in [0.25, 0.3) is 0 Å². The van der Waals surface area contributed by atoms with E-state index in [0.29, 0.717) is 5.15 Å². The third-order valence-corrected chi connectivity index (χ3v) is 3.57. The summed E-state index contributed by atoms with van der Waals surface area (Å²) in [4.78, 5) is 8.30. The van der Waals surface area contributed by atoms with Gasteiger partial charge in [0.15, 0.2) is 0 Å².